The Labute approximate surface area is 156 Å². The minimum atomic E-state index is 0.448. The van der Waals surface area contributed by atoms with E-state index in [1.165, 1.54) is 18.4 Å². The zero-order valence-corrected chi connectivity index (χ0v) is 16.2. The van der Waals surface area contributed by atoms with Crippen LogP contribution in [0, 0.1) is 0 Å². The Hall–Kier alpha value is -2.34. The highest BCUT2D eigenvalue weighted by Crippen LogP contribution is 2.24. The first-order chi connectivity index (χ1) is 12.6. The van der Waals surface area contributed by atoms with Crippen molar-refractivity contribution in [2.45, 2.75) is 25.4 Å². The van der Waals surface area contributed by atoms with Crippen LogP contribution in [-0.2, 0) is 6.54 Å². The number of likely N-dealkylation sites (tertiary alicyclic amines) is 1. The van der Waals surface area contributed by atoms with E-state index in [9.17, 15) is 0 Å². The lowest BCUT2D eigenvalue weighted by atomic mass is 10.0. The van der Waals surface area contributed by atoms with Gasteiger partial charge in [-0.1, -0.05) is 18.2 Å². The molecular formula is C20H29N5O. The number of anilines is 2. The number of hydrogen-bond acceptors (Lipinski definition) is 6. The standard InChI is InChI=1S/C20H29N5O/c1-23(2)20-21-12-11-19(22-20)24(3)17-9-7-13-25(15-17)14-16-8-5-6-10-18(16)26-4/h5-6,8,10-12,17H,7,9,13-15H2,1-4H3. The molecule has 1 unspecified atom stereocenters. The summed E-state index contributed by atoms with van der Waals surface area (Å²) in [6.07, 6.45) is 4.21. The molecule has 0 spiro atoms. The monoisotopic (exact) mass is 355 g/mol. The predicted molar refractivity (Wildman–Crippen MR) is 106 cm³/mol. The van der Waals surface area contributed by atoms with Crippen LogP contribution in [0.15, 0.2) is 36.5 Å². The highest BCUT2D eigenvalue weighted by Gasteiger charge is 2.25. The molecule has 1 saturated heterocycles. The van der Waals surface area contributed by atoms with Gasteiger partial charge >= 0.3 is 0 Å². The third-order valence-electron chi connectivity index (χ3n) is 5.00. The third-order valence-corrected chi connectivity index (χ3v) is 5.00. The van der Waals surface area contributed by atoms with E-state index < -0.39 is 0 Å². The number of likely N-dealkylation sites (N-methyl/N-ethyl adjacent to an activating group) is 1. The summed E-state index contributed by atoms with van der Waals surface area (Å²) in [5.74, 6) is 2.69. The Balaban J connectivity index is 1.69. The fourth-order valence-corrected chi connectivity index (χ4v) is 3.50. The summed E-state index contributed by atoms with van der Waals surface area (Å²) in [5.41, 5.74) is 1.25. The molecule has 26 heavy (non-hydrogen) atoms. The lowest BCUT2D eigenvalue weighted by molar-refractivity contribution is 0.196. The maximum atomic E-state index is 5.51. The number of para-hydroxylation sites is 1. The Kier molecular flexibility index (Phi) is 5.93. The average molecular weight is 355 g/mol. The Morgan fingerprint density at radius 3 is 2.77 bits per heavy atom. The summed E-state index contributed by atoms with van der Waals surface area (Å²) >= 11 is 0. The fourth-order valence-electron chi connectivity index (χ4n) is 3.50. The fraction of sp³-hybridized carbons (Fsp3) is 0.500. The Morgan fingerprint density at radius 1 is 1.19 bits per heavy atom. The molecule has 6 nitrogen and oxygen atoms in total. The molecule has 2 heterocycles. The number of methoxy groups -OCH3 is 1. The summed E-state index contributed by atoms with van der Waals surface area (Å²) < 4.78 is 5.51. The second kappa shape index (κ2) is 8.36. The predicted octanol–water partition coefficient (Wildman–Crippen LogP) is 2.65. The van der Waals surface area contributed by atoms with Gasteiger partial charge in [0.2, 0.25) is 5.95 Å². The van der Waals surface area contributed by atoms with E-state index in [0.29, 0.717) is 6.04 Å². The largest absolute Gasteiger partial charge is 0.496 e. The molecule has 1 aromatic heterocycles. The summed E-state index contributed by atoms with van der Waals surface area (Å²) in [4.78, 5) is 15.7. The van der Waals surface area contributed by atoms with Crippen molar-refractivity contribution in [3.05, 3.63) is 42.1 Å². The van der Waals surface area contributed by atoms with E-state index in [-0.39, 0.29) is 0 Å². The van der Waals surface area contributed by atoms with E-state index in [0.717, 1.165) is 37.1 Å². The molecule has 1 aliphatic heterocycles. The minimum Gasteiger partial charge on any atom is -0.496 e. The molecule has 140 valence electrons. The van der Waals surface area contributed by atoms with Crippen LogP contribution in [0.3, 0.4) is 0 Å². The number of piperidine rings is 1. The van der Waals surface area contributed by atoms with Crippen molar-refractivity contribution in [3.63, 3.8) is 0 Å². The second-order valence-corrected chi connectivity index (χ2v) is 7.06. The molecule has 0 aliphatic carbocycles. The second-order valence-electron chi connectivity index (χ2n) is 7.06. The van der Waals surface area contributed by atoms with Gasteiger partial charge in [-0.2, -0.15) is 4.98 Å². The first-order valence-electron chi connectivity index (χ1n) is 9.16. The summed E-state index contributed by atoms with van der Waals surface area (Å²) in [6, 6.07) is 10.7. The zero-order chi connectivity index (χ0) is 18.5. The molecule has 0 saturated carbocycles. The topological polar surface area (TPSA) is 44.7 Å². The van der Waals surface area contributed by atoms with Gasteiger partial charge in [-0.3, -0.25) is 4.90 Å². The first kappa shape index (κ1) is 18.5. The maximum absolute atomic E-state index is 5.51. The molecule has 0 radical (unpaired) electrons. The van der Waals surface area contributed by atoms with Crippen LogP contribution in [-0.4, -0.2) is 62.3 Å². The number of nitrogens with zero attached hydrogens (tertiary/aromatic N) is 5. The van der Waals surface area contributed by atoms with Crippen molar-refractivity contribution < 1.29 is 4.74 Å². The number of aromatic nitrogens is 2. The van der Waals surface area contributed by atoms with E-state index in [4.69, 9.17) is 4.74 Å². The molecule has 1 fully saturated rings. The lowest BCUT2D eigenvalue weighted by Crippen LogP contribution is -2.46. The molecule has 1 aromatic carbocycles. The van der Waals surface area contributed by atoms with Crippen molar-refractivity contribution in [1.82, 2.24) is 14.9 Å². The number of ether oxygens (including phenoxy) is 1. The zero-order valence-electron chi connectivity index (χ0n) is 16.2. The molecule has 6 heteroatoms. The normalized spacial score (nSPS) is 17.8. The molecule has 0 N–H and O–H groups in total. The van der Waals surface area contributed by atoms with Crippen LogP contribution in [0.25, 0.3) is 0 Å². The van der Waals surface area contributed by atoms with Crippen LogP contribution in [0.5, 0.6) is 5.75 Å². The van der Waals surface area contributed by atoms with Crippen molar-refractivity contribution in [3.8, 4) is 5.75 Å². The number of rotatable bonds is 6. The van der Waals surface area contributed by atoms with E-state index in [1.807, 2.05) is 43.4 Å². The van der Waals surface area contributed by atoms with Gasteiger partial charge < -0.3 is 14.5 Å². The average Bonchev–Trinajstić information content (AvgIpc) is 2.68. The van der Waals surface area contributed by atoms with Gasteiger partial charge in [-0.25, -0.2) is 4.98 Å². The highest BCUT2D eigenvalue weighted by atomic mass is 16.5. The van der Waals surface area contributed by atoms with E-state index in [1.54, 1.807) is 7.11 Å². The first-order valence-corrected chi connectivity index (χ1v) is 9.16. The highest BCUT2D eigenvalue weighted by molar-refractivity contribution is 5.43. The van der Waals surface area contributed by atoms with E-state index >= 15 is 0 Å². The Bertz CT molecular complexity index is 721. The van der Waals surface area contributed by atoms with Crippen LogP contribution < -0.4 is 14.5 Å². The molecule has 1 aliphatic rings. The van der Waals surface area contributed by atoms with Gasteiger partial charge in [0, 0.05) is 52.0 Å². The van der Waals surface area contributed by atoms with Crippen molar-refractivity contribution in [2.24, 2.45) is 0 Å². The summed E-state index contributed by atoms with van der Waals surface area (Å²) in [5, 5.41) is 0. The number of hydrogen-bond donors (Lipinski definition) is 0. The molecular weight excluding hydrogens is 326 g/mol. The van der Waals surface area contributed by atoms with Gasteiger partial charge in [0.05, 0.1) is 7.11 Å². The maximum Gasteiger partial charge on any atom is 0.226 e. The van der Waals surface area contributed by atoms with Gasteiger partial charge in [-0.05, 0) is 31.5 Å². The van der Waals surface area contributed by atoms with Crippen molar-refractivity contribution >= 4 is 11.8 Å². The van der Waals surface area contributed by atoms with Crippen LogP contribution in [0.1, 0.15) is 18.4 Å². The molecule has 2 aromatic rings. The molecule has 3 rings (SSSR count). The smallest absolute Gasteiger partial charge is 0.226 e. The van der Waals surface area contributed by atoms with Crippen LogP contribution in [0.2, 0.25) is 0 Å². The van der Waals surface area contributed by atoms with Gasteiger partial charge in [0.1, 0.15) is 11.6 Å². The third kappa shape index (κ3) is 4.25. The van der Waals surface area contributed by atoms with Crippen molar-refractivity contribution in [1.29, 1.82) is 0 Å². The molecule has 0 bridgehead atoms. The van der Waals surface area contributed by atoms with Gasteiger partial charge in [-0.15, -0.1) is 0 Å². The lowest BCUT2D eigenvalue weighted by Gasteiger charge is -2.38. The SMILES string of the molecule is COc1ccccc1CN1CCCC(N(C)c2ccnc(N(C)C)n2)C1. The quantitative estimate of drug-likeness (QED) is 0.794. The Morgan fingerprint density at radius 2 is 2.00 bits per heavy atom. The molecule has 1 atom stereocenters. The van der Waals surface area contributed by atoms with Crippen LogP contribution >= 0.6 is 0 Å². The number of benzene rings is 1. The van der Waals surface area contributed by atoms with E-state index in [2.05, 4.69) is 38.9 Å². The van der Waals surface area contributed by atoms with Crippen molar-refractivity contribution in [2.75, 3.05) is 51.1 Å². The molecule has 0 amide bonds. The summed E-state index contributed by atoms with van der Waals surface area (Å²) in [7, 11) is 7.81. The summed E-state index contributed by atoms with van der Waals surface area (Å²) in [6.45, 7) is 3.06. The minimum absolute atomic E-state index is 0.448. The van der Waals surface area contributed by atoms with Crippen LogP contribution in [0.4, 0.5) is 11.8 Å². The van der Waals surface area contributed by atoms with Gasteiger partial charge in [0.25, 0.3) is 0 Å². The van der Waals surface area contributed by atoms with Gasteiger partial charge in [0.15, 0.2) is 0 Å².